The van der Waals surface area contributed by atoms with Gasteiger partial charge in [-0.15, -0.1) is 0 Å². The zero-order valence-corrected chi connectivity index (χ0v) is 7.93. The maximum Gasteiger partial charge on any atom is 0.191 e. The van der Waals surface area contributed by atoms with Gasteiger partial charge < -0.3 is 4.90 Å². The van der Waals surface area contributed by atoms with Crippen LogP contribution in [0.25, 0.3) is 5.57 Å². The van der Waals surface area contributed by atoms with E-state index in [4.69, 9.17) is 9.78 Å². The molecule has 0 bridgehead atoms. The summed E-state index contributed by atoms with van der Waals surface area (Å²) in [7, 11) is 2.01. The van der Waals surface area contributed by atoms with Crippen LogP contribution in [0.5, 0.6) is 0 Å². The molecule has 0 radical (unpaired) electrons. The lowest BCUT2D eigenvalue weighted by molar-refractivity contribution is -0.307. The molecule has 2 aliphatic rings. The predicted octanol–water partition coefficient (Wildman–Crippen LogP) is 1.81. The van der Waals surface area contributed by atoms with E-state index in [1.54, 1.807) is 0 Å². The Morgan fingerprint density at radius 1 is 1.36 bits per heavy atom. The van der Waals surface area contributed by atoms with Crippen molar-refractivity contribution in [2.24, 2.45) is 0 Å². The first kappa shape index (κ1) is 8.03. The fraction of sp³-hybridized carbons (Fsp3) is 0.273. The number of likely N-dealkylation sites (N-methyl/N-ethyl adjacent to an activating group) is 1. The van der Waals surface area contributed by atoms with E-state index >= 15 is 0 Å². The Morgan fingerprint density at radius 2 is 2.21 bits per heavy atom. The lowest BCUT2D eigenvalue weighted by Crippen LogP contribution is -2.32. The van der Waals surface area contributed by atoms with E-state index in [0.717, 1.165) is 0 Å². The minimum atomic E-state index is -0.0684. The van der Waals surface area contributed by atoms with E-state index in [-0.39, 0.29) is 6.23 Å². The van der Waals surface area contributed by atoms with Crippen LogP contribution in [0.3, 0.4) is 0 Å². The molecule has 0 unspecified atom stereocenters. The van der Waals surface area contributed by atoms with Crippen LogP contribution >= 0.6 is 0 Å². The Kier molecular flexibility index (Phi) is 1.63. The molecule has 14 heavy (non-hydrogen) atoms. The molecule has 0 spiro atoms. The summed E-state index contributed by atoms with van der Waals surface area (Å²) in [4.78, 5) is 12.3. The monoisotopic (exact) mass is 189 g/mol. The summed E-state index contributed by atoms with van der Waals surface area (Å²) in [6, 6.07) is 8.30. The minimum absolute atomic E-state index is 0.0684. The highest BCUT2D eigenvalue weighted by Crippen LogP contribution is 2.40. The van der Waals surface area contributed by atoms with Gasteiger partial charge in [0.15, 0.2) is 6.23 Å². The molecular formula is C11H11NO2. The summed E-state index contributed by atoms with van der Waals surface area (Å²) in [5.74, 6) is 0. The molecule has 2 heterocycles. The zero-order chi connectivity index (χ0) is 9.54. The molecule has 1 aromatic carbocycles. The number of rotatable bonds is 0. The van der Waals surface area contributed by atoms with Crippen molar-refractivity contribution in [3.63, 3.8) is 0 Å². The Morgan fingerprint density at radius 3 is 3.14 bits per heavy atom. The minimum Gasteiger partial charge on any atom is -0.342 e. The van der Waals surface area contributed by atoms with Crippen molar-refractivity contribution < 1.29 is 9.78 Å². The highest BCUT2D eigenvalue weighted by atomic mass is 17.2. The van der Waals surface area contributed by atoms with Crippen LogP contribution in [0, 0.1) is 0 Å². The number of para-hydroxylation sites is 1. The lowest BCUT2D eigenvalue weighted by Gasteiger charge is -2.24. The van der Waals surface area contributed by atoms with Gasteiger partial charge in [0.1, 0.15) is 6.61 Å². The van der Waals surface area contributed by atoms with Crippen molar-refractivity contribution in [1.29, 1.82) is 0 Å². The summed E-state index contributed by atoms with van der Waals surface area (Å²) in [6.07, 6.45) is 2.01. The molecular weight excluding hydrogens is 178 g/mol. The van der Waals surface area contributed by atoms with Crippen LogP contribution in [0.4, 0.5) is 5.69 Å². The second-order valence-electron chi connectivity index (χ2n) is 3.52. The van der Waals surface area contributed by atoms with Crippen molar-refractivity contribution in [3.05, 3.63) is 35.9 Å². The fourth-order valence-electron chi connectivity index (χ4n) is 2.05. The van der Waals surface area contributed by atoms with Gasteiger partial charge >= 0.3 is 0 Å². The smallest absolute Gasteiger partial charge is 0.191 e. The van der Waals surface area contributed by atoms with Crippen LogP contribution in [-0.2, 0) is 9.78 Å². The van der Waals surface area contributed by atoms with Crippen molar-refractivity contribution in [2.75, 3.05) is 18.6 Å². The van der Waals surface area contributed by atoms with E-state index in [9.17, 15) is 0 Å². The quantitative estimate of drug-likeness (QED) is 0.581. The van der Waals surface area contributed by atoms with Gasteiger partial charge in [0.05, 0.1) is 0 Å². The number of fused-ring (bicyclic) bond motifs is 3. The molecule has 2 aliphatic heterocycles. The second kappa shape index (κ2) is 2.83. The SMILES string of the molecule is CN1c2ccccc2C2=CCOO[C@@H]21. The van der Waals surface area contributed by atoms with Crippen LogP contribution in [0.1, 0.15) is 5.56 Å². The molecule has 3 rings (SSSR count). The maximum atomic E-state index is 5.25. The van der Waals surface area contributed by atoms with Crippen LogP contribution < -0.4 is 4.90 Å². The highest BCUT2D eigenvalue weighted by Gasteiger charge is 2.34. The molecule has 0 aliphatic carbocycles. The predicted molar refractivity (Wildman–Crippen MR) is 53.6 cm³/mol. The third-order valence-electron chi connectivity index (χ3n) is 2.74. The lowest BCUT2D eigenvalue weighted by atomic mass is 10.1. The fourth-order valence-corrected chi connectivity index (χ4v) is 2.05. The van der Waals surface area contributed by atoms with E-state index in [1.165, 1.54) is 16.8 Å². The average Bonchev–Trinajstić information content (AvgIpc) is 2.55. The number of nitrogens with zero attached hydrogens (tertiary/aromatic N) is 1. The molecule has 0 saturated heterocycles. The number of hydrogen-bond acceptors (Lipinski definition) is 3. The Balaban J connectivity index is 2.18. The third kappa shape index (κ3) is 0.937. The van der Waals surface area contributed by atoms with Crippen molar-refractivity contribution in [2.45, 2.75) is 6.23 Å². The standard InChI is InChI=1S/C11H11NO2/c1-12-10-5-3-2-4-8(10)9-6-7-13-14-11(9)12/h2-6,11H,7H2,1H3/t11-/m0/s1. The molecule has 72 valence electrons. The van der Waals surface area contributed by atoms with Gasteiger partial charge in [-0.3, -0.25) is 0 Å². The summed E-state index contributed by atoms with van der Waals surface area (Å²) in [6.45, 7) is 0.536. The van der Waals surface area contributed by atoms with Gasteiger partial charge in [-0.2, -0.15) is 0 Å². The molecule has 1 aromatic rings. The first-order valence-electron chi connectivity index (χ1n) is 4.68. The molecule has 0 saturated carbocycles. The second-order valence-corrected chi connectivity index (χ2v) is 3.52. The molecule has 0 aromatic heterocycles. The topological polar surface area (TPSA) is 21.7 Å². The summed E-state index contributed by atoms with van der Waals surface area (Å²) in [5.41, 5.74) is 3.67. The van der Waals surface area contributed by atoms with Crippen molar-refractivity contribution >= 4 is 11.3 Å². The van der Waals surface area contributed by atoms with Crippen LogP contribution in [0.2, 0.25) is 0 Å². The summed E-state index contributed by atoms with van der Waals surface area (Å²) in [5, 5.41) is 0. The summed E-state index contributed by atoms with van der Waals surface area (Å²) >= 11 is 0. The first-order chi connectivity index (χ1) is 6.88. The molecule has 0 fully saturated rings. The van der Waals surface area contributed by atoms with E-state index in [2.05, 4.69) is 23.1 Å². The third-order valence-corrected chi connectivity index (χ3v) is 2.74. The number of hydrogen-bond donors (Lipinski definition) is 0. The van der Waals surface area contributed by atoms with Crippen molar-refractivity contribution in [3.8, 4) is 0 Å². The van der Waals surface area contributed by atoms with Crippen molar-refractivity contribution in [1.82, 2.24) is 0 Å². The van der Waals surface area contributed by atoms with Gasteiger partial charge in [0.25, 0.3) is 0 Å². The molecule has 3 heteroatoms. The molecule has 3 nitrogen and oxygen atoms in total. The van der Waals surface area contributed by atoms with Gasteiger partial charge in [-0.1, -0.05) is 18.2 Å². The molecule has 0 N–H and O–H groups in total. The Labute approximate surface area is 82.5 Å². The maximum absolute atomic E-state index is 5.25. The van der Waals surface area contributed by atoms with Gasteiger partial charge in [-0.25, -0.2) is 9.78 Å². The van der Waals surface area contributed by atoms with Gasteiger partial charge in [-0.05, 0) is 12.1 Å². The number of anilines is 1. The Bertz CT molecular complexity index is 400. The first-order valence-corrected chi connectivity index (χ1v) is 4.68. The Hall–Kier alpha value is -1.32. The van der Waals surface area contributed by atoms with E-state index < -0.39 is 0 Å². The summed E-state index contributed by atoms with van der Waals surface area (Å²) < 4.78 is 0. The normalized spacial score (nSPS) is 24.2. The van der Waals surface area contributed by atoms with Crippen LogP contribution in [-0.4, -0.2) is 19.9 Å². The molecule has 1 atom stereocenters. The largest absolute Gasteiger partial charge is 0.342 e. The van der Waals surface area contributed by atoms with Gasteiger partial charge in [0, 0.05) is 23.9 Å². The number of benzene rings is 1. The van der Waals surface area contributed by atoms with Crippen LogP contribution in [0.15, 0.2) is 30.3 Å². The van der Waals surface area contributed by atoms with Gasteiger partial charge in [0.2, 0.25) is 0 Å². The van der Waals surface area contributed by atoms with E-state index in [1.807, 2.05) is 19.2 Å². The molecule has 0 amide bonds. The highest BCUT2D eigenvalue weighted by molar-refractivity contribution is 5.86. The average molecular weight is 189 g/mol. The zero-order valence-electron chi connectivity index (χ0n) is 7.93. The van der Waals surface area contributed by atoms with E-state index in [0.29, 0.717) is 6.61 Å².